The normalized spacial score (nSPS) is 13.8. The third-order valence-electron chi connectivity index (χ3n) is 4.52. The molecule has 2 aromatic carbocycles. The van der Waals surface area contributed by atoms with Gasteiger partial charge in [0.1, 0.15) is 0 Å². The van der Waals surface area contributed by atoms with Gasteiger partial charge in [0.15, 0.2) is 0 Å². The SMILES string of the molecule is Cc1c(C(=O)Nc2ccc(N3CCOCC3)cc2)cc([N+](=O)[O-])cc1[N+](=O)[O-]. The van der Waals surface area contributed by atoms with Gasteiger partial charge < -0.3 is 15.0 Å². The van der Waals surface area contributed by atoms with Gasteiger partial charge in [-0.05, 0) is 31.2 Å². The molecule has 2 aromatic rings. The van der Waals surface area contributed by atoms with Crippen molar-refractivity contribution < 1.29 is 19.4 Å². The Hall–Kier alpha value is -3.53. The number of nitrogens with one attached hydrogen (secondary N) is 1. The average molecular weight is 386 g/mol. The zero-order valence-corrected chi connectivity index (χ0v) is 15.1. The molecule has 0 aromatic heterocycles. The van der Waals surface area contributed by atoms with Crippen molar-refractivity contribution in [3.05, 3.63) is 67.8 Å². The summed E-state index contributed by atoms with van der Waals surface area (Å²) in [5, 5.41) is 24.8. The number of ether oxygens (including phenoxy) is 1. The number of non-ortho nitro benzene ring substituents is 1. The first kappa shape index (κ1) is 19.2. The van der Waals surface area contributed by atoms with Gasteiger partial charge in [-0.1, -0.05) is 0 Å². The van der Waals surface area contributed by atoms with E-state index in [1.807, 2.05) is 12.1 Å². The Labute approximate surface area is 160 Å². The molecule has 0 aliphatic carbocycles. The fraction of sp³-hybridized carbons (Fsp3) is 0.278. The van der Waals surface area contributed by atoms with Gasteiger partial charge in [0, 0.05) is 36.1 Å². The first-order valence-corrected chi connectivity index (χ1v) is 8.54. The van der Waals surface area contributed by atoms with Crippen LogP contribution in [0.5, 0.6) is 0 Å². The number of amides is 1. The number of anilines is 2. The number of nitro benzene ring substituents is 2. The van der Waals surface area contributed by atoms with Crippen LogP contribution in [0.15, 0.2) is 36.4 Å². The molecule has 1 aliphatic heterocycles. The first-order chi connectivity index (χ1) is 13.4. The van der Waals surface area contributed by atoms with Crippen molar-refractivity contribution in [1.29, 1.82) is 0 Å². The van der Waals surface area contributed by atoms with Crippen LogP contribution in [-0.4, -0.2) is 42.1 Å². The zero-order chi connectivity index (χ0) is 20.3. The summed E-state index contributed by atoms with van der Waals surface area (Å²) in [6.07, 6.45) is 0. The number of hydrogen-bond acceptors (Lipinski definition) is 7. The average Bonchev–Trinajstić information content (AvgIpc) is 2.69. The maximum Gasteiger partial charge on any atom is 0.279 e. The number of nitro groups is 2. The summed E-state index contributed by atoms with van der Waals surface area (Å²) in [7, 11) is 0. The molecule has 0 saturated carbocycles. The summed E-state index contributed by atoms with van der Waals surface area (Å²) in [5.74, 6) is -0.650. The number of rotatable bonds is 5. The number of carbonyl (C=O) groups is 1. The van der Waals surface area contributed by atoms with Gasteiger partial charge >= 0.3 is 0 Å². The predicted octanol–water partition coefficient (Wildman–Crippen LogP) is 2.90. The van der Waals surface area contributed by atoms with Crippen molar-refractivity contribution >= 4 is 28.7 Å². The molecule has 0 spiro atoms. The molecule has 1 heterocycles. The maximum atomic E-state index is 12.6. The summed E-state index contributed by atoms with van der Waals surface area (Å²) in [6, 6.07) is 9.02. The highest BCUT2D eigenvalue weighted by atomic mass is 16.6. The van der Waals surface area contributed by atoms with E-state index in [-0.39, 0.29) is 11.1 Å². The van der Waals surface area contributed by atoms with Crippen LogP contribution >= 0.6 is 0 Å². The molecular formula is C18H18N4O6. The van der Waals surface area contributed by atoms with Gasteiger partial charge in [0.05, 0.1) is 34.7 Å². The number of morpholine rings is 1. The second-order valence-corrected chi connectivity index (χ2v) is 6.25. The van der Waals surface area contributed by atoms with Crippen LogP contribution in [0, 0.1) is 27.2 Å². The van der Waals surface area contributed by atoms with E-state index in [0.717, 1.165) is 30.9 Å². The van der Waals surface area contributed by atoms with E-state index in [4.69, 9.17) is 4.74 Å². The van der Waals surface area contributed by atoms with Gasteiger partial charge in [-0.2, -0.15) is 0 Å². The molecule has 1 fully saturated rings. The van der Waals surface area contributed by atoms with Crippen molar-refractivity contribution in [1.82, 2.24) is 0 Å². The van der Waals surface area contributed by atoms with Crippen molar-refractivity contribution in [2.24, 2.45) is 0 Å². The first-order valence-electron chi connectivity index (χ1n) is 8.54. The molecule has 1 amide bonds. The second-order valence-electron chi connectivity index (χ2n) is 6.25. The minimum Gasteiger partial charge on any atom is -0.378 e. The highest BCUT2D eigenvalue weighted by molar-refractivity contribution is 6.06. The zero-order valence-electron chi connectivity index (χ0n) is 15.1. The summed E-state index contributed by atoms with van der Waals surface area (Å²) < 4.78 is 5.32. The molecule has 1 N–H and O–H groups in total. The molecule has 0 unspecified atom stereocenters. The largest absolute Gasteiger partial charge is 0.378 e. The van der Waals surface area contributed by atoms with E-state index >= 15 is 0 Å². The molecule has 1 aliphatic rings. The Morgan fingerprint density at radius 1 is 1.07 bits per heavy atom. The van der Waals surface area contributed by atoms with E-state index < -0.39 is 27.1 Å². The van der Waals surface area contributed by atoms with E-state index in [1.54, 1.807) is 12.1 Å². The lowest BCUT2D eigenvalue weighted by atomic mass is 10.0. The van der Waals surface area contributed by atoms with Crippen molar-refractivity contribution in [3.8, 4) is 0 Å². The van der Waals surface area contributed by atoms with Crippen LogP contribution in [-0.2, 0) is 4.74 Å². The number of carbonyl (C=O) groups excluding carboxylic acids is 1. The van der Waals surface area contributed by atoms with E-state index in [1.165, 1.54) is 6.92 Å². The Morgan fingerprint density at radius 3 is 2.29 bits per heavy atom. The van der Waals surface area contributed by atoms with Gasteiger partial charge in [0.2, 0.25) is 0 Å². The lowest BCUT2D eigenvalue weighted by Gasteiger charge is -2.28. The molecule has 10 heteroatoms. The monoisotopic (exact) mass is 386 g/mol. The number of nitrogens with zero attached hydrogens (tertiary/aromatic N) is 3. The predicted molar refractivity (Wildman–Crippen MR) is 102 cm³/mol. The number of benzene rings is 2. The van der Waals surface area contributed by atoms with Crippen LogP contribution in [0.25, 0.3) is 0 Å². The molecule has 0 bridgehead atoms. The standard InChI is InChI=1S/C18H18N4O6/c1-12-16(10-15(21(24)25)11-17(12)22(26)27)18(23)19-13-2-4-14(5-3-13)20-6-8-28-9-7-20/h2-5,10-11H,6-9H2,1H3,(H,19,23). The third-order valence-corrected chi connectivity index (χ3v) is 4.52. The smallest absolute Gasteiger partial charge is 0.279 e. The number of hydrogen-bond donors (Lipinski definition) is 1. The van der Waals surface area contributed by atoms with Crippen molar-refractivity contribution in [3.63, 3.8) is 0 Å². The molecule has 146 valence electrons. The van der Waals surface area contributed by atoms with Crippen LogP contribution in [0.1, 0.15) is 15.9 Å². The minimum absolute atomic E-state index is 0.0676. The highest BCUT2D eigenvalue weighted by Gasteiger charge is 2.24. The van der Waals surface area contributed by atoms with Gasteiger partial charge in [-0.15, -0.1) is 0 Å². The topological polar surface area (TPSA) is 128 Å². The van der Waals surface area contributed by atoms with Gasteiger partial charge in [0.25, 0.3) is 17.3 Å². The quantitative estimate of drug-likeness (QED) is 0.618. The molecule has 3 rings (SSSR count). The summed E-state index contributed by atoms with van der Waals surface area (Å²) in [5.41, 5.74) is 0.447. The molecule has 1 saturated heterocycles. The fourth-order valence-corrected chi connectivity index (χ4v) is 2.99. The van der Waals surface area contributed by atoms with Crippen LogP contribution in [0.2, 0.25) is 0 Å². The van der Waals surface area contributed by atoms with Crippen LogP contribution < -0.4 is 10.2 Å². The van der Waals surface area contributed by atoms with E-state index in [2.05, 4.69) is 10.2 Å². The Bertz CT molecular complexity index is 922. The summed E-state index contributed by atoms with van der Waals surface area (Å²) >= 11 is 0. The summed E-state index contributed by atoms with van der Waals surface area (Å²) in [4.78, 5) is 35.4. The lowest BCUT2D eigenvalue weighted by molar-refractivity contribution is -0.394. The van der Waals surface area contributed by atoms with Crippen molar-refractivity contribution in [2.75, 3.05) is 36.5 Å². The fourth-order valence-electron chi connectivity index (χ4n) is 2.99. The highest BCUT2D eigenvalue weighted by Crippen LogP contribution is 2.29. The summed E-state index contributed by atoms with van der Waals surface area (Å²) in [6.45, 7) is 4.26. The maximum absolute atomic E-state index is 12.6. The van der Waals surface area contributed by atoms with Crippen LogP contribution in [0.4, 0.5) is 22.7 Å². The second kappa shape index (κ2) is 8.01. The van der Waals surface area contributed by atoms with Gasteiger partial charge in [-0.25, -0.2) is 0 Å². The molecule has 0 atom stereocenters. The van der Waals surface area contributed by atoms with Gasteiger partial charge in [-0.3, -0.25) is 25.0 Å². The van der Waals surface area contributed by atoms with E-state index in [0.29, 0.717) is 18.9 Å². The van der Waals surface area contributed by atoms with E-state index in [9.17, 15) is 25.0 Å². The van der Waals surface area contributed by atoms with Crippen molar-refractivity contribution in [2.45, 2.75) is 6.92 Å². The minimum atomic E-state index is -0.764. The third kappa shape index (κ3) is 4.07. The molecule has 28 heavy (non-hydrogen) atoms. The molecule has 0 radical (unpaired) electrons. The van der Waals surface area contributed by atoms with Crippen LogP contribution in [0.3, 0.4) is 0 Å². The molecule has 10 nitrogen and oxygen atoms in total. The Kier molecular flexibility index (Phi) is 5.50. The Morgan fingerprint density at radius 2 is 1.71 bits per heavy atom. The Balaban J connectivity index is 1.82. The molecular weight excluding hydrogens is 368 g/mol. The lowest BCUT2D eigenvalue weighted by Crippen LogP contribution is -2.36.